The van der Waals surface area contributed by atoms with Crippen LogP contribution in [0.25, 0.3) is 10.9 Å². The smallest absolute Gasteiger partial charge is 0.320 e. The van der Waals surface area contributed by atoms with Gasteiger partial charge >= 0.3 is 5.97 Å². The molecule has 10 heteroatoms. The molecular formula is C19H26N4O6. The second-order valence-corrected chi connectivity index (χ2v) is 6.50. The maximum atomic E-state index is 12.8. The molecule has 0 amide bonds. The highest BCUT2D eigenvalue weighted by molar-refractivity contribution is 5.90. The topological polar surface area (TPSA) is 106 Å². The summed E-state index contributed by atoms with van der Waals surface area (Å²) >= 11 is 0. The molecule has 0 saturated carbocycles. The van der Waals surface area contributed by atoms with Crippen LogP contribution in [-0.2, 0) is 9.53 Å². The van der Waals surface area contributed by atoms with E-state index in [9.17, 15) is 9.59 Å². The van der Waals surface area contributed by atoms with Gasteiger partial charge in [0.05, 0.1) is 40.0 Å². The lowest BCUT2D eigenvalue weighted by Gasteiger charge is -2.34. The molecule has 1 N–H and O–H groups in total. The molecule has 2 aromatic rings. The number of anilines is 1. The Morgan fingerprint density at radius 1 is 1.10 bits per heavy atom. The van der Waals surface area contributed by atoms with Gasteiger partial charge in [0.2, 0.25) is 11.7 Å². The quantitative estimate of drug-likeness (QED) is 0.663. The molecule has 1 fully saturated rings. The SMILES string of the molecule is CCOC(=O)CN1CCN(c2nc(=O)c3c(OC)c(OC)c(OC)cc3[nH]2)CC1. The molecule has 0 radical (unpaired) electrons. The maximum absolute atomic E-state index is 12.8. The number of benzene rings is 1. The van der Waals surface area contributed by atoms with E-state index in [-0.39, 0.29) is 18.3 Å². The summed E-state index contributed by atoms with van der Waals surface area (Å²) in [5.74, 6) is 1.30. The van der Waals surface area contributed by atoms with Crippen molar-refractivity contribution in [1.82, 2.24) is 14.9 Å². The number of piperazine rings is 1. The Morgan fingerprint density at radius 2 is 1.79 bits per heavy atom. The van der Waals surface area contributed by atoms with Gasteiger partial charge in [-0.1, -0.05) is 0 Å². The molecule has 1 aliphatic rings. The van der Waals surface area contributed by atoms with Crippen molar-refractivity contribution >= 4 is 22.8 Å². The Balaban J connectivity index is 1.87. The van der Waals surface area contributed by atoms with E-state index in [1.54, 1.807) is 13.0 Å². The predicted octanol–water partition coefficient (Wildman–Crippen LogP) is 0.634. The summed E-state index contributed by atoms with van der Waals surface area (Å²) in [5, 5.41) is 0.301. The van der Waals surface area contributed by atoms with Crippen LogP contribution in [-0.4, -0.2) is 81.5 Å². The Kier molecular flexibility index (Phi) is 6.42. The Labute approximate surface area is 168 Å². The first-order chi connectivity index (χ1) is 14.0. The Morgan fingerprint density at radius 3 is 2.38 bits per heavy atom. The van der Waals surface area contributed by atoms with Gasteiger partial charge in [-0.3, -0.25) is 14.5 Å². The monoisotopic (exact) mass is 406 g/mol. The van der Waals surface area contributed by atoms with E-state index in [0.29, 0.717) is 61.1 Å². The van der Waals surface area contributed by atoms with Gasteiger partial charge in [0.15, 0.2) is 11.5 Å². The van der Waals surface area contributed by atoms with Crippen LogP contribution in [0.4, 0.5) is 5.95 Å². The molecule has 0 atom stereocenters. The van der Waals surface area contributed by atoms with E-state index >= 15 is 0 Å². The second-order valence-electron chi connectivity index (χ2n) is 6.50. The van der Waals surface area contributed by atoms with Crippen LogP contribution >= 0.6 is 0 Å². The third-order valence-corrected chi connectivity index (χ3v) is 4.83. The summed E-state index contributed by atoms with van der Waals surface area (Å²) in [6, 6.07) is 1.69. The Hall–Kier alpha value is -3.01. The zero-order valence-corrected chi connectivity index (χ0v) is 17.1. The number of nitrogens with zero attached hydrogens (tertiary/aromatic N) is 3. The number of esters is 1. The van der Waals surface area contributed by atoms with Gasteiger partial charge in [-0.05, 0) is 6.92 Å². The van der Waals surface area contributed by atoms with Crippen molar-refractivity contribution in [2.45, 2.75) is 6.92 Å². The first-order valence-electron chi connectivity index (χ1n) is 9.38. The highest BCUT2D eigenvalue weighted by Gasteiger charge is 2.24. The number of aromatic nitrogens is 2. The summed E-state index contributed by atoms with van der Waals surface area (Å²) in [6.07, 6.45) is 0. The van der Waals surface area contributed by atoms with Crippen LogP contribution in [0, 0.1) is 0 Å². The third kappa shape index (κ3) is 4.21. The second kappa shape index (κ2) is 8.99. The molecule has 2 heterocycles. The van der Waals surface area contributed by atoms with Crippen LogP contribution < -0.4 is 24.7 Å². The molecule has 10 nitrogen and oxygen atoms in total. The number of fused-ring (bicyclic) bond motifs is 1. The molecule has 0 spiro atoms. The number of nitrogens with one attached hydrogen (secondary N) is 1. The van der Waals surface area contributed by atoms with Crippen molar-refractivity contribution in [3.63, 3.8) is 0 Å². The van der Waals surface area contributed by atoms with E-state index in [4.69, 9.17) is 18.9 Å². The third-order valence-electron chi connectivity index (χ3n) is 4.83. The number of hydrogen-bond acceptors (Lipinski definition) is 9. The highest BCUT2D eigenvalue weighted by atomic mass is 16.5. The van der Waals surface area contributed by atoms with Gasteiger partial charge in [0.1, 0.15) is 5.39 Å². The van der Waals surface area contributed by atoms with E-state index in [0.717, 1.165) is 0 Å². The molecule has 158 valence electrons. The van der Waals surface area contributed by atoms with Crippen LogP contribution in [0.15, 0.2) is 10.9 Å². The summed E-state index contributed by atoms with van der Waals surface area (Å²) in [6.45, 7) is 5.00. The number of carbonyl (C=O) groups excluding carboxylic acids is 1. The number of carbonyl (C=O) groups is 1. The zero-order valence-electron chi connectivity index (χ0n) is 17.1. The summed E-state index contributed by atoms with van der Waals surface area (Å²) in [5.41, 5.74) is 0.129. The fraction of sp³-hybridized carbons (Fsp3) is 0.526. The number of methoxy groups -OCH3 is 3. The summed E-state index contributed by atoms with van der Waals surface area (Å²) < 4.78 is 21.1. The minimum absolute atomic E-state index is 0.230. The summed E-state index contributed by atoms with van der Waals surface area (Å²) in [7, 11) is 4.47. The van der Waals surface area contributed by atoms with Crippen molar-refractivity contribution in [1.29, 1.82) is 0 Å². The minimum atomic E-state index is -0.416. The first kappa shape index (κ1) is 20.7. The summed E-state index contributed by atoms with van der Waals surface area (Å²) in [4.78, 5) is 35.8. The predicted molar refractivity (Wildman–Crippen MR) is 107 cm³/mol. The van der Waals surface area contributed by atoms with Crippen molar-refractivity contribution < 1.29 is 23.7 Å². The van der Waals surface area contributed by atoms with E-state index in [1.807, 2.05) is 9.80 Å². The average molecular weight is 406 g/mol. The van der Waals surface area contributed by atoms with Crippen molar-refractivity contribution in [2.75, 3.05) is 65.6 Å². The van der Waals surface area contributed by atoms with Gasteiger partial charge in [-0.15, -0.1) is 0 Å². The molecular weight excluding hydrogens is 380 g/mol. The van der Waals surface area contributed by atoms with Gasteiger partial charge < -0.3 is 28.8 Å². The van der Waals surface area contributed by atoms with E-state index in [1.165, 1.54) is 21.3 Å². The zero-order chi connectivity index (χ0) is 21.0. The molecule has 3 rings (SSSR count). The number of hydrogen-bond donors (Lipinski definition) is 1. The highest BCUT2D eigenvalue weighted by Crippen LogP contribution is 2.41. The minimum Gasteiger partial charge on any atom is -0.493 e. The lowest BCUT2D eigenvalue weighted by atomic mass is 10.2. The van der Waals surface area contributed by atoms with Crippen molar-refractivity contribution in [2.24, 2.45) is 0 Å². The molecule has 0 aliphatic carbocycles. The van der Waals surface area contributed by atoms with Crippen LogP contribution in [0.2, 0.25) is 0 Å². The fourth-order valence-electron chi connectivity index (χ4n) is 3.42. The van der Waals surface area contributed by atoms with Gasteiger partial charge in [0.25, 0.3) is 5.56 Å². The molecule has 1 aliphatic heterocycles. The van der Waals surface area contributed by atoms with Crippen molar-refractivity contribution in [3.8, 4) is 17.2 Å². The molecule has 0 bridgehead atoms. The number of aromatic amines is 1. The van der Waals surface area contributed by atoms with Gasteiger partial charge in [-0.25, -0.2) is 0 Å². The normalized spacial score (nSPS) is 14.7. The molecule has 1 aromatic carbocycles. The van der Waals surface area contributed by atoms with Crippen LogP contribution in [0.5, 0.6) is 17.2 Å². The van der Waals surface area contributed by atoms with E-state index in [2.05, 4.69) is 9.97 Å². The molecule has 1 aromatic heterocycles. The average Bonchev–Trinajstić information content (AvgIpc) is 2.72. The number of ether oxygens (including phenoxy) is 4. The number of rotatable bonds is 7. The number of H-pyrrole nitrogens is 1. The maximum Gasteiger partial charge on any atom is 0.320 e. The fourth-order valence-corrected chi connectivity index (χ4v) is 3.42. The lowest BCUT2D eigenvalue weighted by molar-refractivity contribution is -0.144. The van der Waals surface area contributed by atoms with Crippen LogP contribution in [0.3, 0.4) is 0 Å². The largest absolute Gasteiger partial charge is 0.493 e. The van der Waals surface area contributed by atoms with Crippen molar-refractivity contribution in [3.05, 3.63) is 16.4 Å². The first-order valence-corrected chi connectivity index (χ1v) is 9.38. The van der Waals surface area contributed by atoms with Gasteiger partial charge in [0, 0.05) is 32.2 Å². The lowest BCUT2D eigenvalue weighted by Crippen LogP contribution is -2.49. The Bertz CT molecular complexity index is 936. The molecule has 1 saturated heterocycles. The van der Waals surface area contributed by atoms with Gasteiger partial charge in [-0.2, -0.15) is 4.98 Å². The van der Waals surface area contributed by atoms with Crippen LogP contribution in [0.1, 0.15) is 6.92 Å². The van der Waals surface area contributed by atoms with E-state index < -0.39 is 5.56 Å². The standard InChI is InChI=1S/C19H26N4O6/c1-5-29-14(24)11-22-6-8-23(9-7-22)19-20-12-10-13(26-2)16(27-3)17(28-4)15(12)18(25)21-19/h10H,5-9,11H2,1-4H3,(H,20,21,25). The molecule has 29 heavy (non-hydrogen) atoms. The molecule has 0 unspecified atom stereocenters.